The molecule has 0 aromatic carbocycles. The van der Waals surface area contributed by atoms with Crippen molar-refractivity contribution in [2.24, 2.45) is 23.7 Å². The summed E-state index contributed by atoms with van der Waals surface area (Å²) in [6, 6.07) is 0. The lowest BCUT2D eigenvalue weighted by molar-refractivity contribution is 0.386. The molecule has 0 amide bonds. The predicted molar refractivity (Wildman–Crippen MR) is 50.7 cm³/mol. The first-order valence-electron chi connectivity index (χ1n) is 5.11. The molecule has 2 bridgehead atoms. The van der Waals surface area contributed by atoms with Crippen LogP contribution < -0.4 is 0 Å². The van der Waals surface area contributed by atoms with Crippen molar-refractivity contribution in [3.8, 4) is 0 Å². The third-order valence-corrected chi connectivity index (χ3v) is 4.13. The zero-order valence-electron chi connectivity index (χ0n) is 7.88. The molecule has 0 N–H and O–H groups in total. The van der Waals surface area contributed by atoms with E-state index in [0.29, 0.717) is 0 Å². The summed E-state index contributed by atoms with van der Waals surface area (Å²) in [6.07, 6.45) is 7.94. The molecule has 0 heterocycles. The normalized spacial score (nSPS) is 49.2. The van der Waals surface area contributed by atoms with E-state index in [1.807, 2.05) is 0 Å². The minimum Gasteiger partial charge on any atom is -0.0819 e. The van der Waals surface area contributed by atoms with Crippen molar-refractivity contribution in [3.63, 3.8) is 0 Å². The highest BCUT2D eigenvalue weighted by Gasteiger charge is 2.47. The van der Waals surface area contributed by atoms with Crippen LogP contribution in [0.2, 0.25) is 0 Å². The summed E-state index contributed by atoms with van der Waals surface area (Å²) in [4.78, 5) is 0. The Bertz CT molecular complexity index is 282. The van der Waals surface area contributed by atoms with Gasteiger partial charge in [-0.25, -0.2) is 0 Å². The fourth-order valence-electron chi connectivity index (χ4n) is 3.65. The highest BCUT2D eigenvalue weighted by molar-refractivity contribution is 5.29. The smallest absolute Gasteiger partial charge is 0.0128 e. The van der Waals surface area contributed by atoms with E-state index in [0.717, 1.165) is 23.7 Å². The Morgan fingerprint density at radius 1 is 1.25 bits per heavy atom. The van der Waals surface area contributed by atoms with Gasteiger partial charge in [-0.2, -0.15) is 0 Å². The van der Waals surface area contributed by atoms with Crippen molar-refractivity contribution in [1.29, 1.82) is 0 Å². The van der Waals surface area contributed by atoms with Crippen LogP contribution in [0.4, 0.5) is 0 Å². The number of fused-ring (bicyclic) bond motifs is 5. The topological polar surface area (TPSA) is 0 Å². The van der Waals surface area contributed by atoms with Crippen LogP contribution >= 0.6 is 0 Å². The summed E-state index contributed by atoms with van der Waals surface area (Å²) in [5.41, 5.74) is 3.31. The highest BCUT2D eigenvalue weighted by Crippen LogP contribution is 2.56. The molecule has 0 aromatic heterocycles. The fraction of sp³-hybridized carbons (Fsp3) is 0.667. The van der Waals surface area contributed by atoms with Crippen LogP contribution in [-0.4, -0.2) is 0 Å². The van der Waals surface area contributed by atoms with E-state index >= 15 is 0 Å². The van der Waals surface area contributed by atoms with E-state index in [9.17, 15) is 0 Å². The van der Waals surface area contributed by atoms with Gasteiger partial charge in [0.15, 0.2) is 0 Å². The van der Waals surface area contributed by atoms with Crippen molar-refractivity contribution in [1.82, 2.24) is 0 Å². The van der Waals surface area contributed by atoms with Gasteiger partial charge in [0.1, 0.15) is 0 Å². The molecule has 0 saturated heterocycles. The van der Waals surface area contributed by atoms with E-state index in [4.69, 9.17) is 0 Å². The molecule has 0 nitrogen and oxygen atoms in total. The van der Waals surface area contributed by atoms with Crippen molar-refractivity contribution >= 4 is 0 Å². The third-order valence-electron chi connectivity index (χ3n) is 4.13. The molecule has 12 heavy (non-hydrogen) atoms. The molecule has 0 radical (unpaired) electrons. The average Bonchev–Trinajstić information content (AvgIpc) is 2.57. The zero-order chi connectivity index (χ0) is 8.29. The second-order valence-corrected chi connectivity index (χ2v) is 4.88. The monoisotopic (exact) mass is 160 g/mol. The lowest BCUT2D eigenvalue weighted by atomic mass is 9.82. The van der Waals surface area contributed by atoms with Crippen LogP contribution in [0.25, 0.3) is 0 Å². The van der Waals surface area contributed by atoms with Crippen molar-refractivity contribution in [2.45, 2.75) is 26.7 Å². The average molecular weight is 160 g/mol. The first-order valence-corrected chi connectivity index (χ1v) is 5.11. The van der Waals surface area contributed by atoms with Crippen LogP contribution in [0.15, 0.2) is 23.3 Å². The van der Waals surface area contributed by atoms with Gasteiger partial charge in [-0.3, -0.25) is 0 Å². The van der Waals surface area contributed by atoms with Gasteiger partial charge in [0.25, 0.3) is 0 Å². The number of rotatable bonds is 0. The molecule has 64 valence electrons. The Kier molecular flexibility index (Phi) is 1.18. The standard InChI is InChI=1S/C12H16/c1-7-3-11-9-5-8(2)10(6-9)12(11)4-7/h4-5,9-12H,3,6H2,1-2H3/t9-,10+,11-,12+/m0/s1. The van der Waals surface area contributed by atoms with Crippen LogP contribution in [0.1, 0.15) is 26.7 Å². The molecule has 3 rings (SSSR count). The Labute approximate surface area is 74.4 Å². The maximum atomic E-state index is 2.55. The highest BCUT2D eigenvalue weighted by atomic mass is 14.5. The minimum atomic E-state index is 0.928. The Hall–Kier alpha value is -0.520. The fourth-order valence-corrected chi connectivity index (χ4v) is 3.65. The van der Waals surface area contributed by atoms with Gasteiger partial charge >= 0.3 is 0 Å². The first-order chi connectivity index (χ1) is 5.75. The lowest BCUT2D eigenvalue weighted by Gasteiger charge is -2.22. The maximum Gasteiger partial charge on any atom is -0.0128 e. The van der Waals surface area contributed by atoms with Crippen molar-refractivity contribution in [3.05, 3.63) is 23.3 Å². The summed E-state index contributed by atoms with van der Waals surface area (Å²) >= 11 is 0. The molecule has 0 aromatic rings. The van der Waals surface area contributed by atoms with Crippen molar-refractivity contribution < 1.29 is 0 Å². The van der Waals surface area contributed by atoms with E-state index in [1.165, 1.54) is 12.8 Å². The zero-order valence-corrected chi connectivity index (χ0v) is 7.88. The van der Waals surface area contributed by atoms with E-state index in [-0.39, 0.29) is 0 Å². The molecule has 1 saturated carbocycles. The first kappa shape index (κ1) is 6.94. The molecular formula is C12H16. The van der Waals surface area contributed by atoms with E-state index < -0.39 is 0 Å². The number of hydrogen-bond donors (Lipinski definition) is 0. The third kappa shape index (κ3) is 0.688. The lowest BCUT2D eigenvalue weighted by Crippen LogP contribution is -2.15. The molecule has 1 fully saturated rings. The summed E-state index contributed by atoms with van der Waals surface area (Å²) in [5.74, 6) is 3.80. The van der Waals surface area contributed by atoms with Crippen LogP contribution in [-0.2, 0) is 0 Å². The molecule has 0 heteroatoms. The van der Waals surface area contributed by atoms with Crippen LogP contribution in [0.5, 0.6) is 0 Å². The molecule has 0 aliphatic heterocycles. The largest absolute Gasteiger partial charge is 0.0819 e. The molecule has 3 aliphatic rings. The van der Waals surface area contributed by atoms with Gasteiger partial charge in [-0.15, -0.1) is 0 Å². The van der Waals surface area contributed by atoms with E-state index in [2.05, 4.69) is 26.0 Å². The number of allylic oxidation sites excluding steroid dienone is 4. The van der Waals surface area contributed by atoms with Gasteiger partial charge < -0.3 is 0 Å². The molecule has 0 spiro atoms. The minimum absolute atomic E-state index is 0.928. The van der Waals surface area contributed by atoms with Gasteiger partial charge in [-0.05, 0) is 50.4 Å². The Morgan fingerprint density at radius 2 is 2.08 bits per heavy atom. The van der Waals surface area contributed by atoms with Crippen molar-refractivity contribution in [2.75, 3.05) is 0 Å². The summed E-state index contributed by atoms with van der Waals surface area (Å²) in [6.45, 7) is 4.62. The molecule has 4 atom stereocenters. The Morgan fingerprint density at radius 3 is 2.92 bits per heavy atom. The van der Waals surface area contributed by atoms with Gasteiger partial charge in [0, 0.05) is 0 Å². The van der Waals surface area contributed by atoms with Crippen LogP contribution in [0, 0.1) is 23.7 Å². The maximum absolute atomic E-state index is 2.55. The summed E-state index contributed by atoms with van der Waals surface area (Å²) in [5, 5.41) is 0. The summed E-state index contributed by atoms with van der Waals surface area (Å²) < 4.78 is 0. The molecular weight excluding hydrogens is 144 g/mol. The SMILES string of the molecule is CC1=C[C@H]2[C@@H](C1)[C@H]1C=C(C)[C@H]2C1. The van der Waals surface area contributed by atoms with Gasteiger partial charge in [0.05, 0.1) is 0 Å². The quantitative estimate of drug-likeness (QED) is 0.477. The Balaban J connectivity index is 2.00. The number of hydrogen-bond acceptors (Lipinski definition) is 0. The summed E-state index contributed by atoms with van der Waals surface area (Å²) in [7, 11) is 0. The predicted octanol–water partition coefficient (Wildman–Crippen LogP) is 3.16. The van der Waals surface area contributed by atoms with Crippen LogP contribution in [0.3, 0.4) is 0 Å². The second-order valence-electron chi connectivity index (χ2n) is 4.88. The van der Waals surface area contributed by atoms with Gasteiger partial charge in [-0.1, -0.05) is 23.3 Å². The molecule has 3 aliphatic carbocycles. The molecule has 0 unspecified atom stereocenters. The second kappa shape index (κ2) is 2.04. The van der Waals surface area contributed by atoms with E-state index in [1.54, 1.807) is 11.1 Å². The van der Waals surface area contributed by atoms with Gasteiger partial charge in [0.2, 0.25) is 0 Å².